The van der Waals surface area contributed by atoms with Crippen molar-refractivity contribution in [1.29, 1.82) is 0 Å². The minimum atomic E-state index is 0.746. The number of nitrogens with zero attached hydrogens (tertiary/aromatic N) is 4. The maximum Gasteiger partial charge on any atom is 0.234 e. The summed E-state index contributed by atoms with van der Waals surface area (Å²) < 4.78 is 1.85. The van der Waals surface area contributed by atoms with E-state index in [-0.39, 0.29) is 0 Å². The summed E-state index contributed by atoms with van der Waals surface area (Å²) in [6.07, 6.45) is 2.10. The highest BCUT2D eigenvalue weighted by Crippen LogP contribution is 2.24. The van der Waals surface area contributed by atoms with E-state index in [2.05, 4.69) is 52.6 Å². The van der Waals surface area contributed by atoms with Gasteiger partial charge in [0.15, 0.2) is 5.82 Å². The molecule has 0 radical (unpaired) electrons. The molecule has 0 aliphatic carbocycles. The molecule has 0 atom stereocenters. The molecule has 25 heavy (non-hydrogen) atoms. The highest BCUT2D eigenvalue weighted by atomic mass is 32.2. The Morgan fingerprint density at radius 2 is 1.76 bits per heavy atom. The molecule has 6 heteroatoms. The second-order valence-electron chi connectivity index (χ2n) is 5.55. The van der Waals surface area contributed by atoms with Gasteiger partial charge in [-0.1, -0.05) is 59.9 Å². The van der Waals surface area contributed by atoms with Gasteiger partial charge in [-0.2, -0.15) is 9.61 Å². The van der Waals surface area contributed by atoms with E-state index < -0.39 is 0 Å². The maximum absolute atomic E-state index is 4.67. The van der Waals surface area contributed by atoms with Crippen LogP contribution in [0.4, 0.5) is 0 Å². The van der Waals surface area contributed by atoms with E-state index in [4.69, 9.17) is 0 Å². The number of allylic oxidation sites excluding steroid dienone is 1. The lowest BCUT2D eigenvalue weighted by atomic mass is 10.1. The Balaban J connectivity index is 1.56. The molecule has 2 aromatic carbocycles. The van der Waals surface area contributed by atoms with E-state index in [0.29, 0.717) is 0 Å². The fourth-order valence-corrected chi connectivity index (χ4v) is 4.14. The fraction of sp³-hybridized carbons (Fsp3) is 0.105. The monoisotopic (exact) mass is 364 g/mol. The van der Waals surface area contributed by atoms with Gasteiger partial charge in [-0.3, -0.25) is 0 Å². The zero-order chi connectivity index (χ0) is 17.1. The largest absolute Gasteiger partial charge is 0.234 e. The zero-order valence-electron chi connectivity index (χ0n) is 13.7. The van der Waals surface area contributed by atoms with Crippen LogP contribution in [0, 0.1) is 0 Å². The Morgan fingerprint density at radius 1 is 1.04 bits per heavy atom. The van der Waals surface area contributed by atoms with E-state index in [1.54, 1.807) is 23.1 Å². The van der Waals surface area contributed by atoms with E-state index in [0.717, 1.165) is 21.5 Å². The van der Waals surface area contributed by atoms with Gasteiger partial charge in [0.1, 0.15) is 5.01 Å². The van der Waals surface area contributed by atoms with Gasteiger partial charge in [0.2, 0.25) is 4.96 Å². The molecule has 0 unspecified atom stereocenters. The Morgan fingerprint density at radius 3 is 2.52 bits per heavy atom. The van der Waals surface area contributed by atoms with Crippen LogP contribution in [0.15, 0.2) is 65.6 Å². The summed E-state index contributed by atoms with van der Waals surface area (Å²) in [7, 11) is 0. The molecule has 0 bridgehead atoms. The third-order valence-corrected chi connectivity index (χ3v) is 5.61. The second kappa shape index (κ2) is 7.21. The lowest BCUT2D eigenvalue weighted by Gasteiger charge is -1.99. The van der Waals surface area contributed by atoms with Crippen LogP contribution in [-0.2, 0) is 5.75 Å². The minimum absolute atomic E-state index is 0.746. The van der Waals surface area contributed by atoms with E-state index in [1.807, 2.05) is 40.9 Å². The number of rotatable bonds is 5. The summed E-state index contributed by atoms with van der Waals surface area (Å²) >= 11 is 3.29. The van der Waals surface area contributed by atoms with Crippen LogP contribution in [0.5, 0.6) is 0 Å². The summed E-state index contributed by atoms with van der Waals surface area (Å²) in [5.41, 5.74) is 2.39. The highest BCUT2D eigenvalue weighted by molar-refractivity contribution is 7.98. The topological polar surface area (TPSA) is 43.1 Å². The number of hydrogen-bond donors (Lipinski definition) is 0. The molecule has 0 N–H and O–H groups in total. The summed E-state index contributed by atoms with van der Waals surface area (Å²) in [5, 5.41) is 14.1. The molecular weight excluding hydrogens is 348 g/mol. The van der Waals surface area contributed by atoms with Gasteiger partial charge in [0, 0.05) is 4.90 Å². The van der Waals surface area contributed by atoms with Crippen molar-refractivity contribution in [3.63, 3.8) is 0 Å². The zero-order valence-corrected chi connectivity index (χ0v) is 15.3. The molecule has 0 aliphatic rings. The number of hydrogen-bond acceptors (Lipinski definition) is 5. The molecule has 4 nitrogen and oxygen atoms in total. The first kappa shape index (κ1) is 16.1. The van der Waals surface area contributed by atoms with Crippen LogP contribution < -0.4 is 0 Å². The van der Waals surface area contributed by atoms with Crippen molar-refractivity contribution in [2.75, 3.05) is 0 Å². The Labute approximate surface area is 154 Å². The van der Waals surface area contributed by atoms with Crippen molar-refractivity contribution in [2.24, 2.45) is 0 Å². The molecule has 2 aromatic heterocycles. The highest BCUT2D eigenvalue weighted by Gasteiger charge is 2.11. The molecule has 0 saturated carbocycles. The number of fused-ring (bicyclic) bond motifs is 1. The smallest absolute Gasteiger partial charge is 0.186 e. The Hall–Kier alpha value is -2.44. The summed E-state index contributed by atoms with van der Waals surface area (Å²) in [6, 6.07) is 20.6. The molecule has 0 fully saturated rings. The van der Waals surface area contributed by atoms with Crippen LogP contribution in [0.1, 0.15) is 23.3 Å². The standard InChI is InChI=1S/C19H16N4S2/c1-14(15-8-4-2-5-9-15)12-18-22-23-17(20-21-19(23)25-18)13-24-16-10-6-3-7-11-16/h2-12H,13H2,1H3/b14-12-. The predicted molar refractivity (Wildman–Crippen MR) is 105 cm³/mol. The first-order chi connectivity index (χ1) is 12.3. The van der Waals surface area contributed by atoms with E-state index in [1.165, 1.54) is 16.0 Å². The molecule has 4 rings (SSSR count). The number of aromatic nitrogens is 4. The van der Waals surface area contributed by atoms with Gasteiger partial charge in [-0.25, -0.2) is 0 Å². The van der Waals surface area contributed by atoms with Crippen LogP contribution in [0.3, 0.4) is 0 Å². The minimum Gasteiger partial charge on any atom is -0.186 e. The van der Waals surface area contributed by atoms with E-state index in [9.17, 15) is 0 Å². The van der Waals surface area contributed by atoms with Crippen molar-refractivity contribution in [3.05, 3.63) is 77.1 Å². The lowest BCUT2D eigenvalue weighted by Crippen LogP contribution is -1.94. The van der Waals surface area contributed by atoms with E-state index >= 15 is 0 Å². The van der Waals surface area contributed by atoms with Crippen molar-refractivity contribution in [3.8, 4) is 0 Å². The number of benzene rings is 2. The first-order valence-electron chi connectivity index (χ1n) is 7.92. The molecule has 0 spiro atoms. The van der Waals surface area contributed by atoms with Gasteiger partial charge in [-0.15, -0.1) is 22.0 Å². The van der Waals surface area contributed by atoms with Crippen LogP contribution in [0.25, 0.3) is 16.6 Å². The summed E-state index contributed by atoms with van der Waals surface area (Å²) in [5.74, 6) is 1.62. The van der Waals surface area contributed by atoms with Crippen LogP contribution >= 0.6 is 23.1 Å². The number of thioether (sulfide) groups is 1. The third-order valence-electron chi connectivity index (χ3n) is 3.75. The molecular formula is C19H16N4S2. The van der Waals surface area contributed by atoms with Crippen molar-refractivity contribution in [1.82, 2.24) is 19.8 Å². The van der Waals surface area contributed by atoms with Crippen LogP contribution in [-0.4, -0.2) is 19.8 Å². The maximum atomic E-state index is 4.67. The second-order valence-corrected chi connectivity index (χ2v) is 7.58. The van der Waals surface area contributed by atoms with Gasteiger partial charge in [-0.05, 0) is 36.3 Å². The molecule has 0 saturated heterocycles. The predicted octanol–water partition coefficient (Wildman–Crippen LogP) is 5.04. The molecule has 0 amide bonds. The third kappa shape index (κ3) is 3.65. The normalized spacial score (nSPS) is 12.0. The van der Waals surface area contributed by atoms with Crippen molar-refractivity contribution >= 4 is 39.7 Å². The Bertz CT molecular complexity index is 1000. The summed E-state index contributed by atoms with van der Waals surface area (Å²) in [6.45, 7) is 2.10. The average molecular weight is 364 g/mol. The molecule has 124 valence electrons. The Kier molecular flexibility index (Phi) is 4.63. The molecule has 0 aliphatic heterocycles. The first-order valence-corrected chi connectivity index (χ1v) is 9.72. The van der Waals surface area contributed by atoms with Gasteiger partial charge in [0.05, 0.1) is 5.75 Å². The SMILES string of the molecule is C/C(=C/c1nn2c(CSc3ccccc3)nnc2s1)c1ccccc1. The van der Waals surface area contributed by atoms with Gasteiger partial charge >= 0.3 is 0 Å². The fourth-order valence-electron chi connectivity index (χ4n) is 2.45. The lowest BCUT2D eigenvalue weighted by molar-refractivity contribution is 0.880. The molecule has 2 heterocycles. The van der Waals surface area contributed by atoms with Crippen molar-refractivity contribution in [2.45, 2.75) is 17.6 Å². The van der Waals surface area contributed by atoms with Gasteiger partial charge in [0.25, 0.3) is 0 Å². The van der Waals surface area contributed by atoms with Gasteiger partial charge < -0.3 is 0 Å². The quantitative estimate of drug-likeness (QED) is 0.465. The van der Waals surface area contributed by atoms with Crippen molar-refractivity contribution < 1.29 is 0 Å². The summed E-state index contributed by atoms with van der Waals surface area (Å²) in [4.78, 5) is 2.05. The average Bonchev–Trinajstić information content (AvgIpc) is 3.22. The molecule has 4 aromatic rings. The van der Waals surface area contributed by atoms with Crippen LogP contribution in [0.2, 0.25) is 0 Å².